The van der Waals surface area contributed by atoms with Crippen LogP contribution in [0.2, 0.25) is 0 Å². The molecule has 1 aromatic rings. The number of likely N-dealkylation sites (N-methyl/N-ethyl adjacent to an activating group) is 2. The number of carbonyl (C=O) groups is 2. The SMILES string of the molecule is CCCc1sc(C(=O)N(C)CC(=O)N(CC)CC)cc1CC. The predicted octanol–water partition coefficient (Wildman–Crippen LogP) is 3.20. The van der Waals surface area contributed by atoms with Crippen molar-refractivity contribution in [3.05, 3.63) is 21.4 Å². The van der Waals surface area contributed by atoms with Gasteiger partial charge in [0.25, 0.3) is 5.91 Å². The van der Waals surface area contributed by atoms with Crippen LogP contribution in [0.3, 0.4) is 0 Å². The van der Waals surface area contributed by atoms with Gasteiger partial charge in [0.2, 0.25) is 5.91 Å². The second-order valence-corrected chi connectivity index (χ2v) is 6.53. The number of rotatable bonds is 8. The topological polar surface area (TPSA) is 40.6 Å². The van der Waals surface area contributed by atoms with Crippen LogP contribution in [0.1, 0.15) is 54.2 Å². The van der Waals surface area contributed by atoms with Gasteiger partial charge in [0, 0.05) is 25.0 Å². The number of nitrogens with zero attached hydrogens (tertiary/aromatic N) is 2. The van der Waals surface area contributed by atoms with Gasteiger partial charge in [-0.25, -0.2) is 0 Å². The zero-order valence-electron chi connectivity index (χ0n) is 14.4. The Morgan fingerprint density at radius 1 is 1.14 bits per heavy atom. The number of hydrogen-bond acceptors (Lipinski definition) is 3. The molecule has 2 amide bonds. The zero-order chi connectivity index (χ0) is 16.7. The van der Waals surface area contributed by atoms with Crippen LogP contribution in [0, 0.1) is 0 Å². The van der Waals surface area contributed by atoms with Crippen molar-refractivity contribution in [2.24, 2.45) is 0 Å². The van der Waals surface area contributed by atoms with E-state index in [2.05, 4.69) is 13.8 Å². The van der Waals surface area contributed by atoms with Gasteiger partial charge in [-0.15, -0.1) is 11.3 Å². The van der Waals surface area contributed by atoms with E-state index in [1.807, 2.05) is 19.9 Å². The van der Waals surface area contributed by atoms with Crippen LogP contribution in [-0.2, 0) is 17.6 Å². The first-order valence-corrected chi connectivity index (χ1v) is 8.94. The first-order chi connectivity index (χ1) is 10.5. The zero-order valence-corrected chi connectivity index (χ0v) is 15.3. The summed E-state index contributed by atoms with van der Waals surface area (Å²) in [7, 11) is 1.70. The molecule has 0 atom stereocenters. The summed E-state index contributed by atoms with van der Waals surface area (Å²) in [6, 6.07) is 2.00. The van der Waals surface area contributed by atoms with Gasteiger partial charge in [-0.05, 0) is 38.3 Å². The smallest absolute Gasteiger partial charge is 0.264 e. The minimum absolute atomic E-state index is 0.00176. The molecule has 0 aliphatic heterocycles. The molecule has 0 aliphatic carbocycles. The maximum absolute atomic E-state index is 12.5. The standard InChI is InChI=1S/C17H28N2O2S/c1-6-10-14-13(7-2)11-15(22-14)17(21)18(5)12-16(20)19(8-3)9-4/h11H,6-10,12H2,1-5H3. The fraction of sp³-hybridized carbons (Fsp3) is 0.647. The fourth-order valence-electron chi connectivity index (χ4n) is 2.45. The van der Waals surface area contributed by atoms with Crippen LogP contribution in [0.15, 0.2) is 6.07 Å². The van der Waals surface area contributed by atoms with E-state index in [9.17, 15) is 9.59 Å². The van der Waals surface area contributed by atoms with Gasteiger partial charge >= 0.3 is 0 Å². The maximum atomic E-state index is 12.5. The third-order valence-corrected chi connectivity index (χ3v) is 5.03. The third-order valence-electron chi connectivity index (χ3n) is 3.80. The molecule has 0 fully saturated rings. The molecule has 4 nitrogen and oxygen atoms in total. The number of aryl methyl sites for hydroxylation is 2. The largest absolute Gasteiger partial charge is 0.342 e. The van der Waals surface area contributed by atoms with E-state index in [-0.39, 0.29) is 18.4 Å². The van der Waals surface area contributed by atoms with Crippen LogP contribution < -0.4 is 0 Å². The highest BCUT2D eigenvalue weighted by molar-refractivity contribution is 7.14. The summed E-state index contributed by atoms with van der Waals surface area (Å²) in [5, 5.41) is 0. The normalized spacial score (nSPS) is 10.6. The Morgan fingerprint density at radius 3 is 2.27 bits per heavy atom. The third kappa shape index (κ3) is 4.57. The van der Waals surface area contributed by atoms with Crippen molar-refractivity contribution in [3.8, 4) is 0 Å². The number of thiophene rings is 1. The second-order valence-electron chi connectivity index (χ2n) is 5.39. The van der Waals surface area contributed by atoms with Crippen molar-refractivity contribution in [1.82, 2.24) is 9.80 Å². The van der Waals surface area contributed by atoms with Crippen LogP contribution >= 0.6 is 11.3 Å². The molecule has 1 heterocycles. The Balaban J connectivity index is 2.80. The highest BCUT2D eigenvalue weighted by Crippen LogP contribution is 2.25. The molecule has 0 unspecified atom stereocenters. The van der Waals surface area contributed by atoms with E-state index in [1.165, 1.54) is 15.3 Å². The molecule has 5 heteroatoms. The molecule has 0 saturated carbocycles. The van der Waals surface area contributed by atoms with Crippen LogP contribution in [-0.4, -0.2) is 48.3 Å². The molecule has 124 valence electrons. The average molecular weight is 324 g/mol. The average Bonchev–Trinajstić information content (AvgIpc) is 2.91. The highest BCUT2D eigenvalue weighted by atomic mass is 32.1. The summed E-state index contributed by atoms with van der Waals surface area (Å²) in [6.07, 6.45) is 3.04. The van der Waals surface area contributed by atoms with E-state index in [4.69, 9.17) is 0 Å². The second kappa shape index (κ2) is 8.93. The lowest BCUT2D eigenvalue weighted by molar-refractivity contribution is -0.131. The van der Waals surface area contributed by atoms with Crippen molar-refractivity contribution in [1.29, 1.82) is 0 Å². The molecule has 0 bridgehead atoms. The van der Waals surface area contributed by atoms with Crippen LogP contribution in [0.25, 0.3) is 0 Å². The molecule has 22 heavy (non-hydrogen) atoms. The quantitative estimate of drug-likeness (QED) is 0.737. The predicted molar refractivity (Wildman–Crippen MR) is 92.6 cm³/mol. The van der Waals surface area contributed by atoms with Gasteiger partial charge in [-0.3, -0.25) is 9.59 Å². The summed E-state index contributed by atoms with van der Waals surface area (Å²) >= 11 is 1.58. The van der Waals surface area contributed by atoms with Crippen molar-refractivity contribution >= 4 is 23.2 Å². The molecule has 1 aromatic heterocycles. The number of amides is 2. The first-order valence-electron chi connectivity index (χ1n) is 8.13. The Labute approximate surface area is 138 Å². The van der Waals surface area contributed by atoms with Crippen molar-refractivity contribution in [2.45, 2.75) is 47.0 Å². The lowest BCUT2D eigenvalue weighted by atomic mass is 10.1. The van der Waals surface area contributed by atoms with Crippen LogP contribution in [0.5, 0.6) is 0 Å². The number of hydrogen-bond donors (Lipinski definition) is 0. The molecular formula is C17H28N2O2S. The molecule has 0 N–H and O–H groups in total. The molecule has 0 spiro atoms. The summed E-state index contributed by atoms with van der Waals surface area (Å²) in [6.45, 7) is 9.66. The highest BCUT2D eigenvalue weighted by Gasteiger charge is 2.20. The molecule has 0 aliphatic rings. The van der Waals surface area contributed by atoms with E-state index in [0.29, 0.717) is 13.1 Å². The Hall–Kier alpha value is -1.36. The summed E-state index contributed by atoms with van der Waals surface area (Å²) < 4.78 is 0. The summed E-state index contributed by atoms with van der Waals surface area (Å²) in [4.78, 5) is 30.0. The van der Waals surface area contributed by atoms with Gasteiger partial charge in [-0.1, -0.05) is 20.3 Å². The van der Waals surface area contributed by atoms with Crippen molar-refractivity contribution < 1.29 is 9.59 Å². The summed E-state index contributed by atoms with van der Waals surface area (Å²) in [5.74, 6) is -0.0514. The molecular weight excluding hydrogens is 296 g/mol. The van der Waals surface area contributed by atoms with E-state index >= 15 is 0 Å². The van der Waals surface area contributed by atoms with E-state index in [0.717, 1.165) is 24.1 Å². The van der Waals surface area contributed by atoms with Gasteiger partial charge < -0.3 is 9.80 Å². The molecule has 0 radical (unpaired) electrons. The fourth-order valence-corrected chi connectivity index (χ4v) is 3.80. The molecule has 0 aromatic carbocycles. The number of carbonyl (C=O) groups excluding carboxylic acids is 2. The Kier molecular flexibility index (Phi) is 7.59. The lowest BCUT2D eigenvalue weighted by Gasteiger charge is -2.22. The van der Waals surface area contributed by atoms with Gasteiger partial charge in [-0.2, -0.15) is 0 Å². The summed E-state index contributed by atoms with van der Waals surface area (Å²) in [5.41, 5.74) is 1.26. The van der Waals surface area contributed by atoms with Gasteiger partial charge in [0.1, 0.15) is 0 Å². The van der Waals surface area contributed by atoms with E-state index in [1.54, 1.807) is 23.3 Å². The lowest BCUT2D eigenvalue weighted by Crippen LogP contribution is -2.40. The van der Waals surface area contributed by atoms with Gasteiger partial charge in [0.05, 0.1) is 11.4 Å². The molecule has 0 saturated heterocycles. The molecule has 1 rings (SSSR count). The Morgan fingerprint density at radius 2 is 1.77 bits per heavy atom. The van der Waals surface area contributed by atoms with Gasteiger partial charge in [0.15, 0.2) is 0 Å². The first kappa shape index (κ1) is 18.7. The monoisotopic (exact) mass is 324 g/mol. The minimum Gasteiger partial charge on any atom is -0.342 e. The Bertz CT molecular complexity index is 507. The van der Waals surface area contributed by atoms with E-state index < -0.39 is 0 Å². The van der Waals surface area contributed by atoms with Crippen molar-refractivity contribution in [3.63, 3.8) is 0 Å². The maximum Gasteiger partial charge on any atom is 0.264 e. The minimum atomic E-state index is -0.0532. The van der Waals surface area contributed by atoms with Crippen LogP contribution in [0.4, 0.5) is 0 Å². The van der Waals surface area contributed by atoms with Crippen molar-refractivity contribution in [2.75, 3.05) is 26.7 Å².